The molecule has 0 aromatic carbocycles. The number of aromatic nitrogens is 4. The molecule has 0 radical (unpaired) electrons. The molecule has 6 heteroatoms. The first-order valence-electron chi connectivity index (χ1n) is 6.92. The van der Waals surface area contributed by atoms with Crippen LogP contribution in [0.2, 0.25) is 0 Å². The number of hydrogen-bond donors (Lipinski definition) is 1. The molecule has 0 atom stereocenters. The highest BCUT2D eigenvalue weighted by Gasteiger charge is 2.19. The zero-order valence-electron chi connectivity index (χ0n) is 12.8. The van der Waals surface area contributed by atoms with Crippen LogP contribution in [0, 0.1) is 0 Å². The Bertz CT molecular complexity index is 550. The van der Waals surface area contributed by atoms with E-state index in [-0.39, 0.29) is 5.41 Å². The van der Waals surface area contributed by atoms with Crippen LogP contribution in [0.1, 0.15) is 52.0 Å². The van der Waals surface area contributed by atoms with Crippen molar-refractivity contribution in [3.8, 4) is 0 Å². The van der Waals surface area contributed by atoms with Gasteiger partial charge in [-0.1, -0.05) is 39.8 Å². The lowest BCUT2D eigenvalue weighted by Gasteiger charge is -2.13. The summed E-state index contributed by atoms with van der Waals surface area (Å²) >= 11 is 0. The second kappa shape index (κ2) is 5.75. The summed E-state index contributed by atoms with van der Waals surface area (Å²) in [6.45, 7) is 11.7. The van der Waals surface area contributed by atoms with E-state index < -0.39 is 0 Å². The number of nitrogens with one attached hydrogen (secondary N) is 1. The van der Waals surface area contributed by atoms with E-state index in [1.807, 2.05) is 6.20 Å². The first-order chi connectivity index (χ1) is 9.34. The van der Waals surface area contributed by atoms with E-state index in [2.05, 4.69) is 55.2 Å². The highest BCUT2D eigenvalue weighted by molar-refractivity contribution is 5.06. The summed E-state index contributed by atoms with van der Waals surface area (Å²) in [5.74, 6) is 1.54. The van der Waals surface area contributed by atoms with Crippen LogP contribution in [-0.2, 0) is 18.5 Å². The van der Waals surface area contributed by atoms with Gasteiger partial charge < -0.3 is 9.73 Å². The second-order valence-corrected chi connectivity index (χ2v) is 6.31. The summed E-state index contributed by atoms with van der Waals surface area (Å²) in [7, 11) is 0. The standard InChI is InChI=1S/C14H23N5O/c1-10(2)15-6-11-8-19(18-17-11)9-13-16-7-12(20-13)14(3,4)5/h7-8,10,15H,6,9H2,1-5H3. The summed E-state index contributed by atoms with van der Waals surface area (Å²) in [5, 5.41) is 11.5. The fourth-order valence-electron chi connectivity index (χ4n) is 1.67. The third kappa shape index (κ3) is 3.90. The largest absolute Gasteiger partial charge is 0.443 e. The highest BCUT2D eigenvalue weighted by atomic mass is 16.4. The lowest BCUT2D eigenvalue weighted by molar-refractivity contribution is 0.371. The van der Waals surface area contributed by atoms with E-state index in [1.165, 1.54) is 0 Å². The quantitative estimate of drug-likeness (QED) is 0.906. The Kier molecular flexibility index (Phi) is 4.23. The minimum Gasteiger partial charge on any atom is -0.443 e. The normalized spacial score (nSPS) is 12.3. The molecule has 0 aliphatic carbocycles. The van der Waals surface area contributed by atoms with Gasteiger partial charge in [-0.3, -0.25) is 0 Å². The fourth-order valence-corrected chi connectivity index (χ4v) is 1.67. The van der Waals surface area contributed by atoms with Gasteiger partial charge in [0.1, 0.15) is 12.3 Å². The molecule has 0 aliphatic rings. The van der Waals surface area contributed by atoms with Crippen LogP contribution in [0.25, 0.3) is 0 Å². The lowest BCUT2D eigenvalue weighted by Crippen LogP contribution is -2.21. The molecule has 2 heterocycles. The van der Waals surface area contributed by atoms with Crippen molar-refractivity contribution in [1.29, 1.82) is 0 Å². The molecule has 2 aromatic heterocycles. The maximum atomic E-state index is 5.74. The van der Waals surface area contributed by atoms with Gasteiger partial charge in [0.25, 0.3) is 0 Å². The molecule has 6 nitrogen and oxygen atoms in total. The Labute approximate surface area is 119 Å². The van der Waals surface area contributed by atoms with E-state index in [4.69, 9.17) is 4.42 Å². The van der Waals surface area contributed by atoms with Crippen molar-refractivity contribution in [1.82, 2.24) is 25.3 Å². The molecule has 2 aromatic rings. The van der Waals surface area contributed by atoms with Crippen molar-refractivity contribution < 1.29 is 4.42 Å². The predicted octanol–water partition coefficient (Wildman–Crippen LogP) is 2.11. The van der Waals surface area contributed by atoms with Gasteiger partial charge in [-0.25, -0.2) is 9.67 Å². The number of rotatable bonds is 5. The smallest absolute Gasteiger partial charge is 0.216 e. The fraction of sp³-hybridized carbons (Fsp3) is 0.643. The van der Waals surface area contributed by atoms with E-state index in [0.29, 0.717) is 18.5 Å². The molecule has 0 amide bonds. The van der Waals surface area contributed by atoms with E-state index >= 15 is 0 Å². The molecule has 110 valence electrons. The molecule has 0 saturated carbocycles. The summed E-state index contributed by atoms with van der Waals surface area (Å²) in [6.07, 6.45) is 3.70. The van der Waals surface area contributed by atoms with Crippen molar-refractivity contribution in [2.75, 3.05) is 0 Å². The third-order valence-electron chi connectivity index (χ3n) is 2.87. The van der Waals surface area contributed by atoms with Crippen LogP contribution >= 0.6 is 0 Å². The number of oxazole rings is 1. The Hall–Kier alpha value is -1.69. The summed E-state index contributed by atoms with van der Waals surface area (Å²) < 4.78 is 7.49. The van der Waals surface area contributed by atoms with Gasteiger partial charge in [0.2, 0.25) is 5.89 Å². The van der Waals surface area contributed by atoms with Crippen molar-refractivity contribution in [3.63, 3.8) is 0 Å². The van der Waals surface area contributed by atoms with Crippen molar-refractivity contribution in [3.05, 3.63) is 29.7 Å². The van der Waals surface area contributed by atoms with E-state index in [1.54, 1.807) is 10.9 Å². The molecular formula is C14H23N5O. The predicted molar refractivity (Wildman–Crippen MR) is 76.3 cm³/mol. The van der Waals surface area contributed by atoms with Gasteiger partial charge in [-0.05, 0) is 0 Å². The second-order valence-electron chi connectivity index (χ2n) is 6.31. The molecular weight excluding hydrogens is 254 g/mol. The summed E-state index contributed by atoms with van der Waals surface area (Å²) in [5.41, 5.74) is 0.890. The first kappa shape index (κ1) is 14.7. The molecule has 1 N–H and O–H groups in total. The van der Waals surface area contributed by atoms with Crippen LogP contribution in [0.4, 0.5) is 0 Å². The molecule has 0 unspecified atom stereocenters. The summed E-state index contributed by atoms with van der Waals surface area (Å²) in [6, 6.07) is 0.432. The van der Waals surface area contributed by atoms with Crippen LogP contribution in [-0.4, -0.2) is 26.0 Å². The van der Waals surface area contributed by atoms with Crippen molar-refractivity contribution in [2.24, 2.45) is 0 Å². The van der Waals surface area contributed by atoms with Crippen molar-refractivity contribution >= 4 is 0 Å². The van der Waals surface area contributed by atoms with Crippen LogP contribution in [0.3, 0.4) is 0 Å². The van der Waals surface area contributed by atoms with Gasteiger partial charge in [0, 0.05) is 18.0 Å². The zero-order chi connectivity index (χ0) is 14.8. The average Bonchev–Trinajstić information content (AvgIpc) is 2.95. The molecule has 0 spiro atoms. The van der Waals surface area contributed by atoms with Gasteiger partial charge in [0.05, 0.1) is 18.1 Å². The topological polar surface area (TPSA) is 68.8 Å². The Morgan fingerprint density at radius 3 is 2.70 bits per heavy atom. The number of hydrogen-bond acceptors (Lipinski definition) is 5. The van der Waals surface area contributed by atoms with Crippen LogP contribution in [0.5, 0.6) is 0 Å². The Morgan fingerprint density at radius 1 is 1.35 bits per heavy atom. The molecule has 0 saturated heterocycles. The van der Waals surface area contributed by atoms with E-state index in [0.717, 1.165) is 18.0 Å². The maximum Gasteiger partial charge on any atom is 0.216 e. The van der Waals surface area contributed by atoms with Crippen molar-refractivity contribution in [2.45, 2.75) is 59.2 Å². The molecule has 0 bridgehead atoms. The first-order valence-corrected chi connectivity index (χ1v) is 6.92. The Morgan fingerprint density at radius 2 is 2.10 bits per heavy atom. The minimum absolute atomic E-state index is 0.0278. The molecule has 2 rings (SSSR count). The summed E-state index contributed by atoms with van der Waals surface area (Å²) in [4.78, 5) is 4.29. The molecule has 0 fully saturated rings. The SMILES string of the molecule is CC(C)NCc1cn(Cc2ncc(C(C)(C)C)o2)nn1. The monoisotopic (exact) mass is 277 g/mol. The average molecular weight is 277 g/mol. The van der Waals surface area contributed by atoms with Gasteiger partial charge in [-0.15, -0.1) is 5.10 Å². The lowest BCUT2D eigenvalue weighted by atomic mass is 9.94. The minimum atomic E-state index is -0.0278. The zero-order valence-corrected chi connectivity index (χ0v) is 12.8. The van der Waals surface area contributed by atoms with Gasteiger partial charge in [0.15, 0.2) is 0 Å². The van der Waals surface area contributed by atoms with Gasteiger partial charge >= 0.3 is 0 Å². The van der Waals surface area contributed by atoms with Crippen LogP contribution in [0.15, 0.2) is 16.8 Å². The molecule has 20 heavy (non-hydrogen) atoms. The van der Waals surface area contributed by atoms with Gasteiger partial charge in [-0.2, -0.15) is 0 Å². The van der Waals surface area contributed by atoms with E-state index in [9.17, 15) is 0 Å². The number of nitrogens with zero attached hydrogens (tertiary/aromatic N) is 4. The Balaban J connectivity index is 1.98. The van der Waals surface area contributed by atoms with Crippen LogP contribution < -0.4 is 5.32 Å². The maximum absolute atomic E-state index is 5.74. The third-order valence-corrected chi connectivity index (χ3v) is 2.87. The molecule has 0 aliphatic heterocycles. The highest BCUT2D eigenvalue weighted by Crippen LogP contribution is 2.22.